The molecule has 1 aliphatic heterocycles. The summed E-state index contributed by atoms with van der Waals surface area (Å²) in [5, 5.41) is 13.4. The highest BCUT2D eigenvalue weighted by Gasteiger charge is 2.21. The topological polar surface area (TPSA) is 79.6 Å². The highest BCUT2D eigenvalue weighted by Crippen LogP contribution is 2.34. The van der Waals surface area contributed by atoms with Gasteiger partial charge in [0.2, 0.25) is 0 Å². The number of hydrogen-bond acceptors (Lipinski definition) is 6. The lowest BCUT2D eigenvalue weighted by molar-refractivity contribution is 0.305. The van der Waals surface area contributed by atoms with E-state index in [1.54, 1.807) is 46.1 Å². The van der Waals surface area contributed by atoms with Gasteiger partial charge in [0, 0.05) is 18.3 Å². The summed E-state index contributed by atoms with van der Waals surface area (Å²) in [6.45, 7) is 3.57. The van der Waals surface area contributed by atoms with Gasteiger partial charge in [0.15, 0.2) is 11.6 Å². The van der Waals surface area contributed by atoms with E-state index >= 15 is 4.39 Å². The molecule has 7 nitrogen and oxygen atoms in total. The SMILES string of the molecule is COc1cc(C)cc(N(CCO)c2ccc3ncn(C4CCNCC4)c(=O)c3c2)c1F. The molecule has 0 atom stereocenters. The predicted octanol–water partition coefficient (Wildman–Crippen LogP) is 2.91. The van der Waals surface area contributed by atoms with Gasteiger partial charge in [-0.25, -0.2) is 9.37 Å². The molecule has 0 amide bonds. The van der Waals surface area contributed by atoms with E-state index in [1.807, 2.05) is 6.92 Å². The molecule has 0 saturated carbocycles. The van der Waals surface area contributed by atoms with Gasteiger partial charge >= 0.3 is 0 Å². The van der Waals surface area contributed by atoms with Gasteiger partial charge in [0.25, 0.3) is 5.56 Å². The number of aromatic nitrogens is 2. The van der Waals surface area contributed by atoms with Crippen molar-refractivity contribution in [1.82, 2.24) is 14.9 Å². The highest BCUT2D eigenvalue weighted by molar-refractivity contribution is 5.83. The molecule has 8 heteroatoms. The number of piperidine rings is 1. The molecule has 164 valence electrons. The Kier molecular flexibility index (Phi) is 6.20. The third-order valence-corrected chi connectivity index (χ3v) is 5.78. The highest BCUT2D eigenvalue weighted by atomic mass is 19.1. The number of nitrogens with zero attached hydrogens (tertiary/aromatic N) is 3. The Morgan fingerprint density at radius 1 is 1.29 bits per heavy atom. The van der Waals surface area contributed by atoms with Crippen LogP contribution in [0.25, 0.3) is 10.9 Å². The van der Waals surface area contributed by atoms with Crippen molar-refractivity contribution < 1.29 is 14.2 Å². The van der Waals surface area contributed by atoms with E-state index in [0.717, 1.165) is 31.5 Å². The lowest BCUT2D eigenvalue weighted by atomic mass is 10.1. The van der Waals surface area contributed by atoms with Crippen LogP contribution in [0.3, 0.4) is 0 Å². The van der Waals surface area contributed by atoms with E-state index in [2.05, 4.69) is 10.3 Å². The van der Waals surface area contributed by atoms with Gasteiger partial charge in [-0.15, -0.1) is 0 Å². The van der Waals surface area contributed by atoms with Gasteiger partial charge in [-0.05, 0) is 68.8 Å². The number of benzene rings is 2. The average Bonchev–Trinajstić information content (AvgIpc) is 2.79. The van der Waals surface area contributed by atoms with Crippen LogP contribution in [0.4, 0.5) is 15.8 Å². The molecule has 2 aromatic carbocycles. The molecule has 1 saturated heterocycles. The summed E-state index contributed by atoms with van der Waals surface area (Å²) in [5.41, 5.74) is 2.20. The minimum atomic E-state index is -0.514. The molecule has 0 unspecified atom stereocenters. The number of ether oxygens (including phenoxy) is 1. The molecule has 1 aromatic heterocycles. The Balaban J connectivity index is 1.82. The normalized spacial score (nSPS) is 14.7. The first-order chi connectivity index (χ1) is 15.0. The third kappa shape index (κ3) is 4.13. The van der Waals surface area contributed by atoms with Crippen LogP contribution in [-0.4, -0.2) is 48.0 Å². The molecule has 1 aliphatic rings. The summed E-state index contributed by atoms with van der Waals surface area (Å²) in [5.74, 6) is -0.381. The predicted molar refractivity (Wildman–Crippen MR) is 119 cm³/mol. The number of nitrogens with one attached hydrogen (secondary N) is 1. The fraction of sp³-hybridized carbons (Fsp3) is 0.391. The molecule has 3 aromatic rings. The molecule has 0 spiro atoms. The van der Waals surface area contributed by atoms with E-state index in [9.17, 15) is 9.90 Å². The first-order valence-electron chi connectivity index (χ1n) is 10.5. The van der Waals surface area contributed by atoms with Crippen molar-refractivity contribution in [3.63, 3.8) is 0 Å². The number of hydrogen-bond donors (Lipinski definition) is 2. The van der Waals surface area contributed by atoms with Gasteiger partial charge in [-0.2, -0.15) is 0 Å². The van der Waals surface area contributed by atoms with Crippen molar-refractivity contribution in [3.8, 4) is 5.75 Å². The Hall–Kier alpha value is -2.97. The Morgan fingerprint density at radius 3 is 2.77 bits per heavy atom. The molecule has 2 heterocycles. The largest absolute Gasteiger partial charge is 0.494 e. The molecular weight excluding hydrogens is 399 g/mol. The van der Waals surface area contributed by atoms with Crippen molar-refractivity contribution in [2.45, 2.75) is 25.8 Å². The number of aryl methyl sites for hydroxylation is 1. The van der Waals surface area contributed by atoms with Crippen molar-refractivity contribution in [3.05, 3.63) is 58.4 Å². The van der Waals surface area contributed by atoms with Crippen LogP contribution in [0.2, 0.25) is 0 Å². The van der Waals surface area contributed by atoms with Crippen LogP contribution < -0.4 is 20.5 Å². The van der Waals surface area contributed by atoms with Crippen LogP contribution in [0.15, 0.2) is 41.5 Å². The zero-order valence-corrected chi connectivity index (χ0v) is 17.8. The molecular formula is C23H27FN4O3. The van der Waals surface area contributed by atoms with Crippen LogP contribution in [0, 0.1) is 12.7 Å². The van der Waals surface area contributed by atoms with Crippen LogP contribution in [0.1, 0.15) is 24.4 Å². The minimum Gasteiger partial charge on any atom is -0.494 e. The lowest BCUT2D eigenvalue weighted by Gasteiger charge is -2.26. The zero-order chi connectivity index (χ0) is 22.0. The summed E-state index contributed by atoms with van der Waals surface area (Å²) in [7, 11) is 1.42. The fourth-order valence-corrected chi connectivity index (χ4v) is 4.19. The van der Waals surface area contributed by atoms with Crippen LogP contribution in [-0.2, 0) is 0 Å². The summed E-state index contributed by atoms with van der Waals surface area (Å²) < 4.78 is 22.0. The summed E-state index contributed by atoms with van der Waals surface area (Å²) in [6, 6.07) is 8.71. The number of fused-ring (bicyclic) bond motifs is 1. The maximum atomic E-state index is 15.1. The molecule has 0 radical (unpaired) electrons. The van der Waals surface area contributed by atoms with Crippen molar-refractivity contribution >= 4 is 22.3 Å². The second-order valence-electron chi connectivity index (χ2n) is 7.82. The van der Waals surface area contributed by atoms with Crippen molar-refractivity contribution in [2.24, 2.45) is 0 Å². The average molecular weight is 426 g/mol. The number of aliphatic hydroxyl groups excluding tert-OH is 1. The summed E-state index contributed by atoms with van der Waals surface area (Å²) >= 11 is 0. The fourth-order valence-electron chi connectivity index (χ4n) is 4.19. The van der Waals surface area contributed by atoms with Gasteiger partial charge in [0.05, 0.1) is 36.6 Å². The van der Waals surface area contributed by atoms with E-state index in [4.69, 9.17) is 4.74 Å². The standard InChI is InChI=1S/C23H27FN4O3/c1-15-11-20(22(24)21(12-15)31-2)27(9-10-29)17-3-4-19-18(13-17)23(30)28(14-26-19)16-5-7-25-8-6-16/h3-4,11-14,16,25,29H,5-10H2,1-2H3. The van der Waals surface area contributed by atoms with Crippen molar-refractivity contribution in [1.29, 1.82) is 0 Å². The third-order valence-electron chi connectivity index (χ3n) is 5.78. The number of halogens is 1. The van der Waals surface area contributed by atoms with E-state index in [-0.39, 0.29) is 36.2 Å². The van der Waals surface area contributed by atoms with Crippen LogP contribution >= 0.6 is 0 Å². The second-order valence-corrected chi connectivity index (χ2v) is 7.82. The molecule has 0 aliphatic carbocycles. The smallest absolute Gasteiger partial charge is 0.261 e. The molecule has 31 heavy (non-hydrogen) atoms. The Bertz CT molecular complexity index is 1140. The van der Waals surface area contributed by atoms with E-state index in [1.165, 1.54) is 7.11 Å². The number of rotatable bonds is 6. The Morgan fingerprint density at radius 2 is 2.06 bits per heavy atom. The van der Waals surface area contributed by atoms with Gasteiger partial charge in [-0.1, -0.05) is 0 Å². The Labute approximate surface area is 180 Å². The van der Waals surface area contributed by atoms with Gasteiger partial charge in [0.1, 0.15) is 0 Å². The molecule has 1 fully saturated rings. The zero-order valence-electron chi connectivity index (χ0n) is 17.8. The lowest BCUT2D eigenvalue weighted by Crippen LogP contribution is -2.34. The number of aliphatic hydroxyl groups is 1. The summed E-state index contributed by atoms with van der Waals surface area (Å²) in [4.78, 5) is 19.4. The number of methoxy groups -OCH3 is 1. The molecule has 2 N–H and O–H groups in total. The van der Waals surface area contributed by atoms with E-state index in [0.29, 0.717) is 16.6 Å². The van der Waals surface area contributed by atoms with Crippen molar-refractivity contribution in [2.75, 3.05) is 38.3 Å². The van der Waals surface area contributed by atoms with E-state index < -0.39 is 5.82 Å². The quantitative estimate of drug-likeness (QED) is 0.631. The van der Waals surface area contributed by atoms with Gasteiger partial charge < -0.3 is 20.1 Å². The first kappa shape index (κ1) is 21.3. The number of anilines is 2. The van der Waals surface area contributed by atoms with Gasteiger partial charge in [-0.3, -0.25) is 9.36 Å². The molecule has 0 bridgehead atoms. The summed E-state index contributed by atoms with van der Waals surface area (Å²) in [6.07, 6.45) is 3.37. The first-order valence-corrected chi connectivity index (χ1v) is 10.5. The molecule has 4 rings (SSSR count). The van der Waals surface area contributed by atoms with Crippen LogP contribution in [0.5, 0.6) is 5.75 Å². The minimum absolute atomic E-state index is 0.106. The maximum absolute atomic E-state index is 15.1. The monoisotopic (exact) mass is 426 g/mol. The maximum Gasteiger partial charge on any atom is 0.261 e. The second kappa shape index (κ2) is 9.03.